The molecule has 2 N–H and O–H groups in total. The topological polar surface area (TPSA) is 113 Å². The van der Waals surface area contributed by atoms with Crippen molar-refractivity contribution in [2.24, 2.45) is 11.1 Å². The molecule has 1 aliphatic carbocycles. The summed E-state index contributed by atoms with van der Waals surface area (Å²) in [7, 11) is 1.61. The lowest BCUT2D eigenvalue weighted by Gasteiger charge is -2.26. The first-order chi connectivity index (χ1) is 20.7. The van der Waals surface area contributed by atoms with E-state index >= 15 is 4.39 Å². The number of carbonyl (C=O) groups excluding carboxylic acids is 2. The van der Waals surface area contributed by atoms with Crippen LogP contribution < -0.4 is 20.1 Å². The predicted octanol–water partition coefficient (Wildman–Crippen LogP) is 5.80. The van der Waals surface area contributed by atoms with Crippen LogP contribution >= 0.6 is 0 Å². The first-order valence-corrected chi connectivity index (χ1v) is 13.5. The molecule has 0 spiro atoms. The van der Waals surface area contributed by atoms with Crippen molar-refractivity contribution in [1.82, 2.24) is 14.8 Å². The average molecular weight is 584 g/mol. The Hall–Kier alpha value is -5.32. The highest BCUT2D eigenvalue weighted by Crippen LogP contribution is 2.49. The Balaban J connectivity index is 1.32. The number of amides is 2. The molecule has 2 heterocycles. The van der Waals surface area contributed by atoms with Gasteiger partial charge in [0.15, 0.2) is 17.2 Å². The molecule has 0 radical (unpaired) electrons. The monoisotopic (exact) mass is 583 g/mol. The van der Waals surface area contributed by atoms with Gasteiger partial charge in [-0.3, -0.25) is 14.5 Å². The van der Waals surface area contributed by atoms with Crippen molar-refractivity contribution in [2.45, 2.75) is 26.3 Å². The van der Waals surface area contributed by atoms with Gasteiger partial charge in [-0.15, -0.1) is 0 Å². The molecule has 1 fully saturated rings. The number of nitrogens with two attached hydrogens (primary N) is 1. The molecule has 11 heteroatoms. The number of anilines is 2. The van der Waals surface area contributed by atoms with Crippen LogP contribution in [-0.4, -0.2) is 33.7 Å². The summed E-state index contributed by atoms with van der Waals surface area (Å²) in [5, 5.41) is 5.26. The highest BCUT2D eigenvalue weighted by Gasteiger charge is 2.57. The Bertz CT molecular complexity index is 1850. The van der Waals surface area contributed by atoms with Crippen molar-refractivity contribution in [3.63, 3.8) is 0 Å². The molecule has 0 aliphatic heterocycles. The van der Waals surface area contributed by atoms with E-state index in [-0.39, 0.29) is 30.0 Å². The lowest BCUT2D eigenvalue weighted by atomic mass is 10.0. The number of benzene rings is 3. The Kier molecular flexibility index (Phi) is 7.01. The maximum atomic E-state index is 15.6. The highest BCUT2D eigenvalue weighted by molar-refractivity contribution is 6.16. The van der Waals surface area contributed by atoms with Crippen molar-refractivity contribution >= 4 is 34.2 Å². The molecular weight excluding hydrogens is 556 g/mol. The number of ether oxygens (including phenoxy) is 2. The summed E-state index contributed by atoms with van der Waals surface area (Å²) in [6.07, 6.45) is 2.13. The lowest BCUT2D eigenvalue weighted by molar-refractivity contribution is -0.133. The van der Waals surface area contributed by atoms with Crippen LogP contribution in [0.1, 0.15) is 24.1 Å². The number of hydrogen-bond donors (Lipinski definition) is 1. The molecule has 6 rings (SSSR count). The minimum absolute atomic E-state index is 0.0962. The largest absolute Gasteiger partial charge is 0.497 e. The summed E-state index contributed by atoms with van der Waals surface area (Å²) >= 11 is 0. The molecule has 1 saturated carbocycles. The van der Waals surface area contributed by atoms with E-state index in [0.717, 1.165) is 17.4 Å². The predicted molar refractivity (Wildman–Crippen MR) is 155 cm³/mol. The van der Waals surface area contributed by atoms with Gasteiger partial charge in [0, 0.05) is 18.0 Å². The van der Waals surface area contributed by atoms with Crippen LogP contribution in [0.4, 0.5) is 20.2 Å². The number of rotatable bonds is 9. The number of aryl methyl sites for hydroxylation is 1. The lowest BCUT2D eigenvalue weighted by Crippen LogP contribution is -2.41. The summed E-state index contributed by atoms with van der Waals surface area (Å²) in [6.45, 7) is 2.27. The van der Waals surface area contributed by atoms with Crippen molar-refractivity contribution < 1.29 is 27.8 Å². The van der Waals surface area contributed by atoms with Crippen LogP contribution in [0.5, 0.6) is 17.2 Å². The van der Waals surface area contributed by atoms with Crippen LogP contribution in [0.25, 0.3) is 11.0 Å². The zero-order valence-electron chi connectivity index (χ0n) is 23.4. The number of nitrogens with zero attached hydrogens (tertiary/aromatic N) is 4. The van der Waals surface area contributed by atoms with E-state index in [1.54, 1.807) is 24.1 Å². The molecule has 2 amide bonds. The fourth-order valence-electron chi connectivity index (χ4n) is 5.06. The molecule has 1 aliphatic rings. The molecule has 9 nitrogen and oxygen atoms in total. The summed E-state index contributed by atoms with van der Waals surface area (Å²) in [6, 6.07) is 18.4. The Labute approximate surface area is 245 Å². The van der Waals surface area contributed by atoms with E-state index in [4.69, 9.17) is 15.2 Å². The standard InChI is InChI=1S/C32H27F2N5O4/c1-19-28-27(13-16-36-29(28)38(37-19)18-20-3-10-24(42-2)11-4-20)43-26-12-9-23(17-25(26)34)39(22-7-5-21(33)6-8-22)31(41)32(14-15-32)30(35)40/h3-13,16-17H,14-15,18H2,1-2H3,(H2,35,40). The van der Waals surface area contributed by atoms with Gasteiger partial charge in [-0.05, 0) is 79.9 Å². The number of pyridine rings is 1. The SMILES string of the molecule is COc1ccc(Cn2nc(C)c3c(Oc4ccc(N(C(=O)C5(C(N)=O)CC5)c5ccc(F)cc5)cc4F)ccnc32)cc1. The van der Waals surface area contributed by atoms with Crippen LogP contribution in [0, 0.1) is 24.0 Å². The molecule has 43 heavy (non-hydrogen) atoms. The fraction of sp³-hybridized carbons (Fsp3) is 0.188. The zero-order valence-corrected chi connectivity index (χ0v) is 23.4. The number of hydrogen-bond acceptors (Lipinski definition) is 6. The Morgan fingerprint density at radius 2 is 1.67 bits per heavy atom. The maximum absolute atomic E-state index is 15.6. The molecular formula is C32H27F2N5O4. The fourth-order valence-corrected chi connectivity index (χ4v) is 5.06. The smallest absolute Gasteiger partial charge is 0.247 e. The zero-order chi connectivity index (χ0) is 30.3. The third-order valence-corrected chi connectivity index (χ3v) is 7.57. The Morgan fingerprint density at radius 3 is 2.30 bits per heavy atom. The van der Waals surface area contributed by atoms with E-state index in [2.05, 4.69) is 10.1 Å². The number of halogens is 2. The van der Waals surface area contributed by atoms with Crippen molar-refractivity contribution in [3.05, 3.63) is 102 Å². The number of aromatic nitrogens is 3. The quantitative estimate of drug-likeness (QED) is 0.220. The number of fused-ring (bicyclic) bond motifs is 1. The van der Waals surface area contributed by atoms with Gasteiger partial charge in [-0.25, -0.2) is 18.4 Å². The van der Waals surface area contributed by atoms with Crippen molar-refractivity contribution in [2.75, 3.05) is 12.0 Å². The highest BCUT2D eigenvalue weighted by atomic mass is 19.1. The second-order valence-corrected chi connectivity index (χ2v) is 10.4. The average Bonchev–Trinajstić information content (AvgIpc) is 3.76. The van der Waals surface area contributed by atoms with Gasteiger partial charge >= 0.3 is 0 Å². The molecule has 0 bridgehead atoms. The summed E-state index contributed by atoms with van der Waals surface area (Å²) in [5.41, 5.74) is 6.78. The molecule has 2 aromatic heterocycles. The van der Waals surface area contributed by atoms with Gasteiger partial charge < -0.3 is 15.2 Å². The third kappa shape index (κ3) is 5.14. The van der Waals surface area contributed by atoms with Crippen molar-refractivity contribution in [3.8, 4) is 17.2 Å². The van der Waals surface area contributed by atoms with Gasteiger partial charge in [-0.2, -0.15) is 5.10 Å². The summed E-state index contributed by atoms with van der Waals surface area (Å²) in [4.78, 5) is 31.4. The van der Waals surface area contributed by atoms with Gasteiger partial charge in [0.2, 0.25) is 11.8 Å². The van der Waals surface area contributed by atoms with Crippen molar-refractivity contribution in [1.29, 1.82) is 0 Å². The van der Waals surface area contributed by atoms with E-state index in [9.17, 15) is 14.0 Å². The van der Waals surface area contributed by atoms with E-state index in [1.807, 2.05) is 31.2 Å². The molecule has 0 atom stereocenters. The number of primary amides is 1. The van der Waals surface area contributed by atoms with Gasteiger partial charge in [-0.1, -0.05) is 12.1 Å². The summed E-state index contributed by atoms with van der Waals surface area (Å²) < 4.78 is 42.3. The van der Waals surface area contributed by atoms with Gasteiger partial charge in [0.05, 0.1) is 30.4 Å². The van der Waals surface area contributed by atoms with E-state index < -0.39 is 28.9 Å². The van der Waals surface area contributed by atoms with Gasteiger partial charge in [0.1, 0.15) is 22.7 Å². The van der Waals surface area contributed by atoms with Crippen LogP contribution in [0.15, 0.2) is 79.0 Å². The minimum Gasteiger partial charge on any atom is -0.497 e. The third-order valence-electron chi connectivity index (χ3n) is 7.57. The second kappa shape index (κ2) is 10.8. The second-order valence-electron chi connectivity index (χ2n) is 10.4. The molecule has 3 aromatic carbocycles. The van der Waals surface area contributed by atoms with Crippen LogP contribution in [0.3, 0.4) is 0 Å². The van der Waals surface area contributed by atoms with Crippen LogP contribution in [-0.2, 0) is 16.1 Å². The van der Waals surface area contributed by atoms with Gasteiger partial charge in [0.25, 0.3) is 0 Å². The number of carbonyl (C=O) groups is 2. The molecule has 0 unspecified atom stereocenters. The molecule has 0 saturated heterocycles. The minimum atomic E-state index is -1.38. The maximum Gasteiger partial charge on any atom is 0.247 e. The molecule has 218 valence electrons. The van der Waals surface area contributed by atoms with Crippen LogP contribution in [0.2, 0.25) is 0 Å². The number of methoxy groups -OCH3 is 1. The van der Waals surface area contributed by atoms with E-state index in [0.29, 0.717) is 29.0 Å². The summed E-state index contributed by atoms with van der Waals surface area (Å²) in [5.74, 6) is -1.61. The normalized spacial score (nSPS) is 13.5. The van der Waals surface area contributed by atoms with E-state index in [1.165, 1.54) is 41.3 Å². The first-order valence-electron chi connectivity index (χ1n) is 13.5. The molecule has 5 aromatic rings. The first kappa shape index (κ1) is 27.8. The Morgan fingerprint density at radius 1 is 0.977 bits per heavy atom.